The molecule has 0 bridgehead atoms. The monoisotopic (exact) mass is 621 g/mol. The van der Waals surface area contributed by atoms with Crippen LogP contribution in [-0.2, 0) is 24.3 Å². The molecule has 0 N–H and O–H groups in total. The zero-order valence-electron chi connectivity index (χ0n) is 29.7. The van der Waals surface area contributed by atoms with E-state index < -0.39 is 29.3 Å². The van der Waals surface area contributed by atoms with Crippen molar-refractivity contribution in [2.45, 2.75) is 143 Å². The number of anilines is 1. The van der Waals surface area contributed by atoms with Gasteiger partial charge in [-0.2, -0.15) is 0 Å². The van der Waals surface area contributed by atoms with Gasteiger partial charge in [0.2, 0.25) is 5.91 Å². The lowest BCUT2D eigenvalue weighted by Crippen LogP contribution is -2.61. The Balaban J connectivity index is 1.27. The molecule has 5 aliphatic rings. The van der Waals surface area contributed by atoms with Gasteiger partial charge in [0.1, 0.15) is 5.60 Å². The molecular weight excluding hydrogens is 565 g/mol. The van der Waals surface area contributed by atoms with Gasteiger partial charge in [-0.05, 0) is 108 Å². The number of hydrogen-bond acceptors (Lipinski definition) is 6. The normalized spacial score (nSPS) is 29.9. The minimum absolute atomic E-state index is 0.159. The zero-order chi connectivity index (χ0) is 33.0. The summed E-state index contributed by atoms with van der Waals surface area (Å²) in [6.07, 6.45) is 4.08. The topological polar surface area (TPSA) is 71.6 Å². The fourth-order valence-corrected chi connectivity index (χ4v) is 8.87. The highest BCUT2D eigenvalue weighted by atomic mass is 16.7. The van der Waals surface area contributed by atoms with Gasteiger partial charge in [-0.1, -0.05) is 39.8 Å². The van der Waals surface area contributed by atoms with Crippen molar-refractivity contribution < 1.29 is 23.6 Å². The van der Waals surface area contributed by atoms with E-state index in [4.69, 9.17) is 14.0 Å². The number of ether oxygens (including phenoxy) is 1. The Hall–Kier alpha value is -2.10. The van der Waals surface area contributed by atoms with E-state index in [1.807, 2.05) is 20.8 Å². The third-order valence-corrected chi connectivity index (χ3v) is 11.4. The highest BCUT2D eigenvalue weighted by Gasteiger charge is 2.58. The van der Waals surface area contributed by atoms with Crippen molar-refractivity contribution in [3.8, 4) is 0 Å². The maximum atomic E-state index is 14.7. The van der Waals surface area contributed by atoms with Crippen LogP contribution in [0.4, 0.5) is 10.5 Å². The molecule has 0 atom stereocenters. The summed E-state index contributed by atoms with van der Waals surface area (Å²) in [7, 11) is -0.491. The molecule has 1 saturated carbocycles. The molecule has 9 heteroatoms. The Morgan fingerprint density at radius 1 is 0.889 bits per heavy atom. The smallest absolute Gasteiger partial charge is 0.444 e. The quantitative estimate of drug-likeness (QED) is 0.392. The van der Waals surface area contributed by atoms with Crippen LogP contribution in [0.1, 0.15) is 114 Å². The van der Waals surface area contributed by atoms with Gasteiger partial charge < -0.3 is 23.8 Å². The van der Waals surface area contributed by atoms with E-state index in [9.17, 15) is 9.59 Å². The SMILES string of the molecule is CC1(C)CN([C@H]2C[C@@H](N3C(=O)C4(CCN(C(=O)OC(C)(C)C)CC4)c4ccc(B5OC(C)(C)C(C)(C)O5)cc43)C2)CC(C)(C)C1. The average Bonchev–Trinajstić information content (AvgIpc) is 3.21. The first-order valence-electron chi connectivity index (χ1n) is 17.2. The van der Waals surface area contributed by atoms with Gasteiger partial charge in [-0.25, -0.2) is 4.79 Å². The maximum Gasteiger partial charge on any atom is 0.494 e. The van der Waals surface area contributed by atoms with Crippen molar-refractivity contribution in [2.24, 2.45) is 10.8 Å². The second kappa shape index (κ2) is 10.5. The van der Waals surface area contributed by atoms with E-state index >= 15 is 0 Å². The number of amides is 2. The molecule has 4 aliphatic heterocycles. The number of benzene rings is 1. The molecule has 0 unspecified atom stereocenters. The summed E-state index contributed by atoms with van der Waals surface area (Å²) < 4.78 is 18.5. The number of carbonyl (C=O) groups excluding carboxylic acids is 2. The number of likely N-dealkylation sites (tertiary alicyclic amines) is 2. The molecular formula is C36H56BN3O5. The van der Waals surface area contributed by atoms with Crippen molar-refractivity contribution in [3.63, 3.8) is 0 Å². The first kappa shape index (κ1) is 32.8. The molecule has 45 heavy (non-hydrogen) atoms. The predicted octanol–water partition coefficient (Wildman–Crippen LogP) is 5.89. The summed E-state index contributed by atoms with van der Waals surface area (Å²) in [5, 5.41) is 0. The lowest BCUT2D eigenvalue weighted by Gasteiger charge is -2.54. The van der Waals surface area contributed by atoms with Crippen LogP contribution in [0, 0.1) is 10.8 Å². The number of fused-ring (bicyclic) bond motifs is 2. The Morgan fingerprint density at radius 2 is 1.44 bits per heavy atom. The predicted molar refractivity (Wildman–Crippen MR) is 179 cm³/mol. The summed E-state index contributed by atoms with van der Waals surface area (Å²) in [5.74, 6) is 0.190. The van der Waals surface area contributed by atoms with Gasteiger partial charge in [-0.3, -0.25) is 9.69 Å². The summed E-state index contributed by atoms with van der Waals surface area (Å²) in [5.41, 5.74) is 1.52. The van der Waals surface area contributed by atoms with E-state index in [1.54, 1.807) is 4.90 Å². The van der Waals surface area contributed by atoms with Crippen LogP contribution in [0.2, 0.25) is 0 Å². The number of carbonyl (C=O) groups is 2. The van der Waals surface area contributed by atoms with E-state index in [1.165, 1.54) is 6.42 Å². The van der Waals surface area contributed by atoms with Crippen LogP contribution >= 0.6 is 0 Å². The molecule has 1 aromatic rings. The van der Waals surface area contributed by atoms with Crippen molar-refractivity contribution in [2.75, 3.05) is 31.1 Å². The van der Waals surface area contributed by atoms with Crippen LogP contribution in [0.25, 0.3) is 0 Å². The maximum absolute atomic E-state index is 14.7. The lowest BCUT2D eigenvalue weighted by atomic mass is 9.69. The molecule has 6 rings (SSSR count). The Morgan fingerprint density at radius 3 is 1.98 bits per heavy atom. The molecule has 0 aromatic heterocycles. The van der Waals surface area contributed by atoms with Crippen LogP contribution in [0.5, 0.6) is 0 Å². The molecule has 4 heterocycles. The van der Waals surface area contributed by atoms with E-state index in [-0.39, 0.29) is 28.9 Å². The molecule has 1 aliphatic carbocycles. The number of nitrogens with zero attached hydrogens (tertiary/aromatic N) is 3. The molecule has 2 amide bonds. The first-order valence-corrected chi connectivity index (χ1v) is 17.2. The van der Waals surface area contributed by atoms with Gasteiger partial charge >= 0.3 is 13.2 Å². The Labute approximate surface area is 271 Å². The average molecular weight is 622 g/mol. The molecule has 8 nitrogen and oxygen atoms in total. The lowest BCUT2D eigenvalue weighted by molar-refractivity contribution is -0.126. The Kier molecular flexibility index (Phi) is 7.63. The number of hydrogen-bond donors (Lipinski definition) is 0. The largest absolute Gasteiger partial charge is 0.494 e. The van der Waals surface area contributed by atoms with E-state index in [0.29, 0.717) is 32.0 Å². The third kappa shape index (κ3) is 5.84. The van der Waals surface area contributed by atoms with Crippen LogP contribution < -0.4 is 10.4 Å². The highest BCUT2D eigenvalue weighted by Crippen LogP contribution is 2.52. The third-order valence-electron chi connectivity index (χ3n) is 11.4. The zero-order valence-corrected chi connectivity index (χ0v) is 29.7. The first-order chi connectivity index (χ1) is 20.6. The minimum atomic E-state index is -0.636. The van der Waals surface area contributed by atoms with Gasteiger partial charge in [0.15, 0.2) is 0 Å². The highest BCUT2D eigenvalue weighted by molar-refractivity contribution is 6.62. The van der Waals surface area contributed by atoms with Crippen LogP contribution in [-0.4, -0.2) is 84.0 Å². The van der Waals surface area contributed by atoms with Crippen molar-refractivity contribution in [3.05, 3.63) is 23.8 Å². The molecule has 1 spiro atoms. The summed E-state index contributed by atoms with van der Waals surface area (Å²) in [6.45, 7) is 26.7. The minimum Gasteiger partial charge on any atom is -0.444 e. The molecule has 4 fully saturated rings. The summed E-state index contributed by atoms with van der Waals surface area (Å²) >= 11 is 0. The van der Waals surface area contributed by atoms with Crippen molar-refractivity contribution in [1.29, 1.82) is 0 Å². The molecule has 248 valence electrons. The van der Waals surface area contributed by atoms with Gasteiger partial charge in [0.05, 0.1) is 16.6 Å². The fourth-order valence-electron chi connectivity index (χ4n) is 8.87. The van der Waals surface area contributed by atoms with Gasteiger partial charge in [0.25, 0.3) is 0 Å². The number of rotatable bonds is 3. The standard InChI is InChI=1S/C36H56BN3O5/c1-31(2,3)43-30(42)38-16-14-36(15-17-38)27-13-12-24(37-44-34(8,9)35(10,11)45-37)18-28(27)40(29(36)41)26-19-25(20-26)39-22-32(4,5)21-33(6,7)23-39/h12-13,18,25-26H,14-17,19-23H2,1-11H3/t25-,26+. The molecule has 1 aromatic carbocycles. The second-order valence-corrected chi connectivity index (χ2v) is 18.3. The van der Waals surface area contributed by atoms with Crippen molar-refractivity contribution >= 4 is 30.3 Å². The second-order valence-electron chi connectivity index (χ2n) is 18.3. The Bertz CT molecular complexity index is 1320. The molecule has 3 saturated heterocycles. The summed E-state index contributed by atoms with van der Waals surface area (Å²) in [4.78, 5) is 34.2. The fraction of sp³-hybridized carbons (Fsp3) is 0.778. The van der Waals surface area contributed by atoms with Crippen LogP contribution in [0.15, 0.2) is 18.2 Å². The molecule has 0 radical (unpaired) electrons. The van der Waals surface area contributed by atoms with Crippen LogP contribution in [0.3, 0.4) is 0 Å². The van der Waals surface area contributed by atoms with E-state index in [0.717, 1.165) is 42.6 Å². The van der Waals surface area contributed by atoms with E-state index in [2.05, 4.69) is 83.4 Å². The van der Waals surface area contributed by atoms with Crippen molar-refractivity contribution in [1.82, 2.24) is 9.80 Å². The van der Waals surface area contributed by atoms with Gasteiger partial charge in [-0.15, -0.1) is 0 Å². The van der Waals surface area contributed by atoms with Gasteiger partial charge in [0, 0.05) is 44.0 Å². The summed E-state index contributed by atoms with van der Waals surface area (Å²) in [6, 6.07) is 7.03. The number of piperidine rings is 2.